The van der Waals surface area contributed by atoms with Gasteiger partial charge < -0.3 is 0 Å². The Labute approximate surface area is 279 Å². The Bertz CT molecular complexity index is 2100. The molecule has 5 heterocycles. The maximum atomic E-state index is 16.4. The van der Waals surface area contributed by atoms with Crippen molar-refractivity contribution in [2.75, 3.05) is 0 Å². The Hall–Kier alpha value is -4.07. The number of aromatic nitrogens is 4. The zero-order chi connectivity index (χ0) is 33.7. The fourth-order valence-corrected chi connectivity index (χ4v) is 9.68. The fourth-order valence-electron chi connectivity index (χ4n) is 9.68. The number of pyridine rings is 2. The summed E-state index contributed by atoms with van der Waals surface area (Å²) in [6.45, 7) is 11.9. The molecular formula is C40H42F4N4+2. The first-order valence-corrected chi connectivity index (χ1v) is 17.4. The standard InChI is InChI=1S/C40H42F4N4/c1-6-9-12-24-14-15-26-34-25(24)18-20-46-22-28(32-23-48-31(21-33(45-48)40(42,43)44)30-13-10-11-19-47(30)32)39(7-2,8-3)27-16-17-29(41)36(38(26,4)5)35(27)37(34)46/h10-11,13-21,28,32H,6-9,12,22-23H2,1-5H3/q+2. The molecule has 0 amide bonds. The molecule has 4 nitrogen and oxygen atoms in total. The quantitative estimate of drug-likeness (QED) is 0.133. The lowest BCUT2D eigenvalue weighted by atomic mass is 9.60. The van der Waals surface area contributed by atoms with Crippen molar-refractivity contribution < 1.29 is 26.7 Å². The molecule has 2 unspecified atom stereocenters. The fraction of sp³-hybridized carbons (Fsp3) is 0.425. The molecule has 0 radical (unpaired) electrons. The molecule has 5 aromatic rings. The molecule has 3 aliphatic rings. The van der Waals surface area contributed by atoms with E-state index >= 15 is 4.39 Å². The van der Waals surface area contributed by atoms with Gasteiger partial charge in [-0.2, -0.15) is 27.4 Å². The lowest BCUT2D eigenvalue weighted by Crippen LogP contribution is -2.58. The van der Waals surface area contributed by atoms with Crippen molar-refractivity contribution in [1.82, 2.24) is 9.78 Å². The van der Waals surface area contributed by atoms with Gasteiger partial charge in [-0.25, -0.2) is 4.39 Å². The largest absolute Gasteiger partial charge is 0.435 e. The van der Waals surface area contributed by atoms with Gasteiger partial charge in [-0.05, 0) is 59.9 Å². The smallest absolute Gasteiger partial charge is 0.251 e. The van der Waals surface area contributed by atoms with Gasteiger partial charge in [0.05, 0.1) is 16.9 Å². The maximum absolute atomic E-state index is 16.4. The van der Waals surface area contributed by atoms with Crippen molar-refractivity contribution in [2.24, 2.45) is 5.92 Å². The molecule has 248 valence electrons. The molecule has 0 bridgehead atoms. The van der Waals surface area contributed by atoms with Crippen molar-refractivity contribution >= 4 is 10.8 Å². The molecule has 1 aliphatic carbocycles. The Morgan fingerprint density at radius 1 is 0.958 bits per heavy atom. The number of unbranched alkanes of at least 4 members (excludes halogenated alkanes) is 1. The highest BCUT2D eigenvalue weighted by Gasteiger charge is 2.56. The minimum atomic E-state index is -4.54. The summed E-state index contributed by atoms with van der Waals surface area (Å²) in [5.74, 6) is -0.236. The maximum Gasteiger partial charge on any atom is 0.435 e. The third kappa shape index (κ3) is 4.16. The number of benzene rings is 2. The van der Waals surface area contributed by atoms with Gasteiger partial charge in [0.15, 0.2) is 30.7 Å². The second-order valence-corrected chi connectivity index (χ2v) is 14.6. The Morgan fingerprint density at radius 2 is 1.73 bits per heavy atom. The molecule has 48 heavy (non-hydrogen) atoms. The number of nitrogens with zero attached hydrogens (tertiary/aromatic N) is 4. The van der Waals surface area contributed by atoms with Gasteiger partial charge in [-0.1, -0.05) is 59.2 Å². The van der Waals surface area contributed by atoms with Crippen LogP contribution in [0.1, 0.15) is 94.3 Å². The van der Waals surface area contributed by atoms with E-state index in [1.807, 2.05) is 30.5 Å². The Kier molecular flexibility index (Phi) is 6.97. The van der Waals surface area contributed by atoms with E-state index in [0.717, 1.165) is 65.7 Å². The van der Waals surface area contributed by atoms with Crippen LogP contribution in [0.15, 0.2) is 67.0 Å². The second kappa shape index (κ2) is 10.7. The minimum Gasteiger partial charge on any atom is -0.251 e. The molecule has 2 aliphatic heterocycles. The minimum absolute atomic E-state index is 0.0426. The predicted octanol–water partition coefficient (Wildman–Crippen LogP) is 9.03. The van der Waals surface area contributed by atoms with E-state index in [4.69, 9.17) is 0 Å². The Morgan fingerprint density at radius 3 is 2.46 bits per heavy atom. The molecule has 8 rings (SSSR count). The van der Waals surface area contributed by atoms with Gasteiger partial charge >= 0.3 is 6.18 Å². The van der Waals surface area contributed by atoms with E-state index in [9.17, 15) is 13.2 Å². The van der Waals surface area contributed by atoms with Crippen molar-refractivity contribution in [1.29, 1.82) is 0 Å². The van der Waals surface area contributed by atoms with E-state index < -0.39 is 22.7 Å². The molecule has 3 aromatic heterocycles. The summed E-state index contributed by atoms with van der Waals surface area (Å²) in [6, 6.07) is 17.1. The summed E-state index contributed by atoms with van der Waals surface area (Å²) >= 11 is 0. The number of hydrogen-bond donors (Lipinski definition) is 0. The molecular weight excluding hydrogens is 612 g/mol. The lowest BCUT2D eigenvalue weighted by molar-refractivity contribution is -0.750. The van der Waals surface area contributed by atoms with Gasteiger partial charge in [0.1, 0.15) is 18.1 Å². The van der Waals surface area contributed by atoms with Gasteiger partial charge in [0, 0.05) is 40.7 Å². The molecule has 0 fully saturated rings. The normalized spacial score (nSPS) is 19.9. The summed E-state index contributed by atoms with van der Waals surface area (Å²) in [5, 5.41) is 6.57. The number of rotatable bonds is 6. The molecule has 0 saturated heterocycles. The van der Waals surface area contributed by atoms with E-state index in [2.05, 4.69) is 73.2 Å². The Balaban J connectivity index is 1.43. The first-order valence-electron chi connectivity index (χ1n) is 17.4. The van der Waals surface area contributed by atoms with Gasteiger partial charge in [0.25, 0.3) is 0 Å². The van der Waals surface area contributed by atoms with Crippen LogP contribution in [-0.2, 0) is 36.5 Å². The van der Waals surface area contributed by atoms with E-state index in [-0.39, 0.29) is 17.8 Å². The van der Waals surface area contributed by atoms with Crippen LogP contribution in [-0.4, -0.2) is 9.78 Å². The molecule has 0 spiro atoms. The first-order chi connectivity index (χ1) is 23.0. The molecule has 2 atom stereocenters. The predicted molar refractivity (Wildman–Crippen MR) is 178 cm³/mol. The second-order valence-electron chi connectivity index (χ2n) is 14.6. The SMILES string of the molecule is CCCCc1ccc2c3c4[n+](ccc13)CC(C1Cn3nc(C(F)(F)F)cc3-c3cccc[n+]31)C(CC)(CC)c1ccc(F)c(c1-4)C2(C)C. The van der Waals surface area contributed by atoms with E-state index in [0.29, 0.717) is 18.8 Å². The van der Waals surface area contributed by atoms with Crippen LogP contribution in [0.2, 0.25) is 0 Å². The summed E-state index contributed by atoms with van der Waals surface area (Å²) in [4.78, 5) is 0. The molecule has 0 N–H and O–H groups in total. The average molecular weight is 655 g/mol. The lowest BCUT2D eigenvalue weighted by Gasteiger charge is -2.42. The van der Waals surface area contributed by atoms with Gasteiger partial charge in [-0.3, -0.25) is 4.68 Å². The van der Waals surface area contributed by atoms with Crippen LogP contribution in [0.3, 0.4) is 0 Å². The highest BCUT2D eigenvalue weighted by Crippen LogP contribution is 2.57. The van der Waals surface area contributed by atoms with Crippen LogP contribution in [0.25, 0.3) is 33.4 Å². The van der Waals surface area contributed by atoms with Crippen LogP contribution in [0, 0.1) is 11.7 Å². The van der Waals surface area contributed by atoms with Crippen molar-refractivity contribution in [2.45, 2.75) is 103 Å². The number of aryl methyl sites for hydroxylation is 1. The summed E-state index contributed by atoms with van der Waals surface area (Å²) < 4.78 is 64.4. The van der Waals surface area contributed by atoms with E-state index in [1.54, 1.807) is 10.7 Å². The third-order valence-electron chi connectivity index (χ3n) is 12.1. The topological polar surface area (TPSA) is 25.6 Å². The highest BCUT2D eigenvalue weighted by molar-refractivity contribution is 6.02. The molecule has 2 aromatic carbocycles. The zero-order valence-corrected chi connectivity index (χ0v) is 28.3. The summed E-state index contributed by atoms with van der Waals surface area (Å²) in [6.07, 6.45) is 4.43. The number of fused-ring (bicyclic) bond motifs is 3. The third-order valence-corrected chi connectivity index (χ3v) is 12.1. The van der Waals surface area contributed by atoms with Gasteiger partial charge in [0.2, 0.25) is 11.4 Å². The first kappa shape index (κ1) is 31.2. The summed E-state index contributed by atoms with van der Waals surface area (Å²) in [5.41, 5.74) is 5.77. The molecule has 8 heteroatoms. The van der Waals surface area contributed by atoms with Crippen LogP contribution < -0.4 is 9.13 Å². The number of alkyl halides is 3. The zero-order valence-electron chi connectivity index (χ0n) is 28.3. The molecule has 0 saturated carbocycles. The average Bonchev–Trinajstić information content (AvgIpc) is 3.47. The van der Waals surface area contributed by atoms with Crippen molar-refractivity contribution in [3.05, 3.63) is 101 Å². The van der Waals surface area contributed by atoms with Crippen LogP contribution >= 0.6 is 0 Å². The highest BCUT2D eigenvalue weighted by atomic mass is 19.4. The van der Waals surface area contributed by atoms with Crippen molar-refractivity contribution in [3.63, 3.8) is 0 Å². The van der Waals surface area contributed by atoms with Crippen LogP contribution in [0.5, 0.6) is 0 Å². The van der Waals surface area contributed by atoms with Crippen LogP contribution in [0.4, 0.5) is 17.6 Å². The van der Waals surface area contributed by atoms with E-state index in [1.165, 1.54) is 22.4 Å². The number of halogens is 4. The van der Waals surface area contributed by atoms with Gasteiger partial charge in [-0.15, -0.1) is 0 Å². The van der Waals surface area contributed by atoms with Crippen molar-refractivity contribution in [3.8, 4) is 22.6 Å². The summed E-state index contributed by atoms with van der Waals surface area (Å²) in [7, 11) is 0. The monoisotopic (exact) mass is 654 g/mol. The number of hydrogen-bond acceptors (Lipinski definition) is 1.